The lowest BCUT2D eigenvalue weighted by Gasteiger charge is -2.07. The Morgan fingerprint density at radius 3 is 2.04 bits per heavy atom. The minimum atomic E-state index is -0.313. The van der Waals surface area contributed by atoms with Crippen molar-refractivity contribution in [3.8, 4) is 23.0 Å². The summed E-state index contributed by atoms with van der Waals surface area (Å²) in [4.78, 5) is 12.1. The largest absolute Gasteiger partial charge is 0.508 e. The van der Waals surface area contributed by atoms with Crippen LogP contribution in [-0.4, -0.2) is 28.2 Å². The van der Waals surface area contributed by atoms with E-state index in [1.807, 2.05) is 27.7 Å². The lowest BCUT2D eigenvalue weighted by molar-refractivity contribution is 0.0990. The van der Waals surface area contributed by atoms with Crippen LogP contribution in [0.15, 0.2) is 36.4 Å². The summed E-state index contributed by atoms with van der Waals surface area (Å²) >= 11 is 0. The Balaban J connectivity index is 0.00000123. The van der Waals surface area contributed by atoms with E-state index in [0.717, 1.165) is 6.07 Å². The quantitative estimate of drug-likeness (QED) is 0.726. The van der Waals surface area contributed by atoms with E-state index in [2.05, 4.69) is 0 Å². The third-order valence-electron chi connectivity index (χ3n) is 2.89. The lowest BCUT2D eigenvalue weighted by Crippen LogP contribution is -2.03. The molecule has 0 aliphatic rings. The molecule has 0 saturated carbocycles. The van der Waals surface area contributed by atoms with Crippen molar-refractivity contribution in [3.05, 3.63) is 47.5 Å². The van der Waals surface area contributed by atoms with E-state index in [0.29, 0.717) is 11.3 Å². The average molecular weight is 334 g/mol. The Hall–Kier alpha value is -2.69. The molecule has 0 atom stereocenters. The van der Waals surface area contributed by atoms with Crippen molar-refractivity contribution in [2.45, 2.75) is 34.1 Å². The maximum atomic E-state index is 12.1. The summed E-state index contributed by atoms with van der Waals surface area (Å²) in [6, 6.07) is 8.46. The van der Waals surface area contributed by atoms with Gasteiger partial charge in [-0.25, -0.2) is 0 Å². The van der Waals surface area contributed by atoms with E-state index in [1.165, 1.54) is 25.3 Å². The molecular formula is C19H26O5. The number of rotatable bonds is 4. The normalized spacial score (nSPS) is 9.04. The standard InChI is InChI=1S/C15H14O5.2C2H6/c1-20-15-5-2-9(7-14(15)19)6-12(17)11-4-3-10(16)8-13(11)18;2*1-2/h2-5,7-8,16,18-19H,6H2,1H3;2*1-2H3. The number of phenolic OH excluding ortho intramolecular Hbond substituents is 3. The topological polar surface area (TPSA) is 87.0 Å². The second kappa shape index (κ2) is 10.9. The first-order valence-electron chi connectivity index (χ1n) is 7.92. The van der Waals surface area contributed by atoms with Gasteiger partial charge in [-0.05, 0) is 29.8 Å². The highest BCUT2D eigenvalue weighted by Gasteiger charge is 2.13. The van der Waals surface area contributed by atoms with Crippen molar-refractivity contribution in [2.24, 2.45) is 0 Å². The molecule has 0 aliphatic carbocycles. The Morgan fingerprint density at radius 2 is 1.54 bits per heavy atom. The summed E-state index contributed by atoms with van der Waals surface area (Å²) in [5, 5.41) is 28.5. The van der Waals surface area contributed by atoms with Gasteiger partial charge in [-0.3, -0.25) is 4.79 Å². The van der Waals surface area contributed by atoms with Gasteiger partial charge in [-0.1, -0.05) is 33.8 Å². The molecule has 0 heterocycles. The first kappa shape index (κ1) is 21.3. The van der Waals surface area contributed by atoms with Gasteiger partial charge in [0.25, 0.3) is 0 Å². The molecule has 2 aromatic carbocycles. The molecule has 5 nitrogen and oxygen atoms in total. The highest BCUT2D eigenvalue weighted by molar-refractivity contribution is 6.00. The van der Waals surface area contributed by atoms with Gasteiger partial charge in [0.2, 0.25) is 0 Å². The Morgan fingerprint density at radius 1 is 0.917 bits per heavy atom. The summed E-state index contributed by atoms with van der Waals surface area (Å²) in [5.74, 6) is -0.414. The first-order valence-corrected chi connectivity index (χ1v) is 7.92. The second-order valence-corrected chi connectivity index (χ2v) is 4.31. The minimum Gasteiger partial charge on any atom is -0.508 e. The van der Waals surface area contributed by atoms with Gasteiger partial charge in [0.1, 0.15) is 11.5 Å². The second-order valence-electron chi connectivity index (χ2n) is 4.31. The Kier molecular flexibility index (Phi) is 9.71. The van der Waals surface area contributed by atoms with Crippen molar-refractivity contribution in [3.63, 3.8) is 0 Å². The zero-order valence-corrected chi connectivity index (χ0v) is 14.8. The molecule has 5 heteroatoms. The summed E-state index contributed by atoms with van der Waals surface area (Å²) in [7, 11) is 1.44. The number of carbonyl (C=O) groups is 1. The van der Waals surface area contributed by atoms with Crippen LogP contribution in [0, 0.1) is 0 Å². The molecule has 2 aromatic rings. The zero-order chi connectivity index (χ0) is 18.7. The number of Topliss-reactive ketones (excluding diaryl/α,β-unsaturated/α-hetero) is 1. The first-order chi connectivity index (χ1) is 11.5. The molecule has 0 aliphatic heterocycles. The Bertz CT molecular complexity index is 650. The molecule has 132 valence electrons. The maximum Gasteiger partial charge on any atom is 0.170 e. The maximum absolute atomic E-state index is 12.1. The third kappa shape index (κ3) is 5.83. The molecule has 0 saturated heterocycles. The van der Waals surface area contributed by atoms with Gasteiger partial charge in [0, 0.05) is 12.5 Å². The third-order valence-corrected chi connectivity index (χ3v) is 2.89. The molecule has 0 spiro atoms. The van der Waals surface area contributed by atoms with Gasteiger partial charge in [0.15, 0.2) is 17.3 Å². The minimum absolute atomic E-state index is 0.0237. The van der Waals surface area contributed by atoms with Gasteiger partial charge >= 0.3 is 0 Å². The van der Waals surface area contributed by atoms with Crippen LogP contribution in [0.3, 0.4) is 0 Å². The number of carbonyl (C=O) groups excluding carboxylic acids is 1. The monoisotopic (exact) mass is 334 g/mol. The molecule has 3 N–H and O–H groups in total. The molecule has 0 fully saturated rings. The number of methoxy groups -OCH3 is 1. The number of hydrogen-bond acceptors (Lipinski definition) is 5. The van der Waals surface area contributed by atoms with Crippen LogP contribution in [0.2, 0.25) is 0 Å². The number of ether oxygens (including phenoxy) is 1. The SMILES string of the molecule is CC.CC.COc1ccc(CC(=O)c2ccc(O)cc2O)cc1O. The number of hydrogen-bond donors (Lipinski definition) is 3. The fourth-order valence-corrected chi connectivity index (χ4v) is 1.88. The number of ketones is 1. The number of aromatic hydroxyl groups is 3. The van der Waals surface area contributed by atoms with Crippen molar-refractivity contribution in [1.82, 2.24) is 0 Å². The number of phenols is 3. The van der Waals surface area contributed by atoms with Crippen LogP contribution in [0.25, 0.3) is 0 Å². The molecule has 0 unspecified atom stereocenters. The van der Waals surface area contributed by atoms with Gasteiger partial charge in [0.05, 0.1) is 12.7 Å². The zero-order valence-electron chi connectivity index (χ0n) is 14.8. The lowest BCUT2D eigenvalue weighted by atomic mass is 10.0. The average Bonchev–Trinajstić information content (AvgIpc) is 2.58. The van der Waals surface area contributed by atoms with E-state index in [9.17, 15) is 20.1 Å². The molecule has 0 radical (unpaired) electrons. The van der Waals surface area contributed by atoms with Crippen molar-refractivity contribution >= 4 is 5.78 Å². The molecular weight excluding hydrogens is 308 g/mol. The van der Waals surface area contributed by atoms with Gasteiger partial charge in [-0.15, -0.1) is 0 Å². The van der Waals surface area contributed by atoms with Crippen LogP contribution in [0.1, 0.15) is 43.6 Å². The summed E-state index contributed by atoms with van der Waals surface area (Å²) in [6.45, 7) is 8.00. The molecule has 2 rings (SSSR count). The van der Waals surface area contributed by atoms with Gasteiger partial charge < -0.3 is 20.1 Å². The summed E-state index contributed by atoms with van der Waals surface area (Å²) < 4.78 is 4.92. The van der Waals surface area contributed by atoms with E-state index < -0.39 is 0 Å². The van der Waals surface area contributed by atoms with Crippen LogP contribution in [-0.2, 0) is 6.42 Å². The van der Waals surface area contributed by atoms with Crippen molar-refractivity contribution in [2.75, 3.05) is 7.11 Å². The summed E-state index contributed by atoms with van der Waals surface area (Å²) in [5.41, 5.74) is 0.721. The van der Waals surface area contributed by atoms with E-state index in [4.69, 9.17) is 4.74 Å². The van der Waals surface area contributed by atoms with Crippen LogP contribution >= 0.6 is 0 Å². The van der Waals surface area contributed by atoms with E-state index >= 15 is 0 Å². The predicted octanol–water partition coefficient (Wildman–Crippen LogP) is 4.29. The van der Waals surface area contributed by atoms with E-state index in [1.54, 1.807) is 12.1 Å². The molecule has 0 amide bonds. The van der Waals surface area contributed by atoms with Crippen molar-refractivity contribution < 1.29 is 24.9 Å². The molecule has 24 heavy (non-hydrogen) atoms. The van der Waals surface area contributed by atoms with Crippen LogP contribution in [0.5, 0.6) is 23.0 Å². The Labute approximate surface area is 143 Å². The highest BCUT2D eigenvalue weighted by Crippen LogP contribution is 2.28. The number of benzene rings is 2. The summed E-state index contributed by atoms with van der Waals surface area (Å²) in [6.07, 6.45) is 0.0237. The van der Waals surface area contributed by atoms with Crippen molar-refractivity contribution in [1.29, 1.82) is 0 Å². The molecule has 0 bridgehead atoms. The van der Waals surface area contributed by atoms with E-state index in [-0.39, 0.29) is 35.0 Å². The smallest absolute Gasteiger partial charge is 0.170 e. The van der Waals surface area contributed by atoms with Gasteiger partial charge in [-0.2, -0.15) is 0 Å². The predicted molar refractivity (Wildman–Crippen MR) is 95.2 cm³/mol. The van der Waals surface area contributed by atoms with Crippen LogP contribution < -0.4 is 4.74 Å². The fraction of sp³-hybridized carbons (Fsp3) is 0.316. The fourth-order valence-electron chi connectivity index (χ4n) is 1.88. The van der Waals surface area contributed by atoms with Crippen LogP contribution in [0.4, 0.5) is 0 Å². The highest BCUT2D eigenvalue weighted by atomic mass is 16.5. The molecule has 0 aromatic heterocycles.